The van der Waals surface area contributed by atoms with Crippen LogP contribution >= 0.6 is 15.9 Å². The van der Waals surface area contributed by atoms with Crippen molar-refractivity contribution in [3.8, 4) is 0 Å². The largest absolute Gasteiger partial charge is 0.395 e. The number of amides is 1. The Morgan fingerprint density at radius 1 is 1.35 bits per heavy atom. The molecule has 0 spiro atoms. The van der Waals surface area contributed by atoms with Gasteiger partial charge in [0.05, 0.1) is 11.5 Å². The molecule has 0 aliphatic heterocycles. The minimum Gasteiger partial charge on any atom is -0.395 e. The molecule has 26 heavy (non-hydrogen) atoms. The highest BCUT2D eigenvalue weighted by molar-refractivity contribution is 9.10. The van der Waals surface area contributed by atoms with E-state index < -0.39 is 10.8 Å². The fourth-order valence-corrected chi connectivity index (χ4v) is 2.45. The Bertz CT molecular complexity index is 786. The van der Waals surface area contributed by atoms with Gasteiger partial charge >= 0.3 is 5.69 Å². The molecule has 0 aliphatic carbocycles. The predicted molar refractivity (Wildman–Crippen MR) is 98.9 cm³/mol. The molecule has 0 radical (unpaired) electrons. The van der Waals surface area contributed by atoms with Crippen molar-refractivity contribution in [3.05, 3.63) is 50.7 Å². The number of aliphatic hydroxyl groups excluding tert-OH is 1. The van der Waals surface area contributed by atoms with Gasteiger partial charge in [0.1, 0.15) is 6.33 Å². The lowest BCUT2D eigenvalue weighted by Crippen LogP contribution is -2.32. The van der Waals surface area contributed by atoms with Crippen molar-refractivity contribution in [2.24, 2.45) is 0 Å². The first-order chi connectivity index (χ1) is 12.5. The van der Waals surface area contributed by atoms with E-state index in [0.717, 1.165) is 10.8 Å². The van der Waals surface area contributed by atoms with Gasteiger partial charge in [-0.15, -0.1) is 0 Å². The Balaban J connectivity index is 2.24. The minimum atomic E-state index is -0.635. The lowest BCUT2D eigenvalue weighted by Gasteiger charge is -2.20. The van der Waals surface area contributed by atoms with E-state index in [1.165, 1.54) is 0 Å². The van der Waals surface area contributed by atoms with Crippen LogP contribution in [0.1, 0.15) is 17.3 Å². The second kappa shape index (κ2) is 9.06. The number of hydrogen-bond donors (Lipinski definition) is 3. The van der Waals surface area contributed by atoms with E-state index in [0.29, 0.717) is 12.1 Å². The number of hydrogen-bond acceptors (Lipinski definition) is 8. The number of aliphatic hydroxyl groups is 1. The molecule has 0 bridgehead atoms. The first-order valence-electron chi connectivity index (χ1n) is 7.65. The predicted octanol–water partition coefficient (Wildman–Crippen LogP) is 1.72. The molecular formula is C15H17BrN6O4. The van der Waals surface area contributed by atoms with Crippen LogP contribution in [0.3, 0.4) is 0 Å². The number of rotatable bonds is 8. The molecule has 11 heteroatoms. The molecule has 3 N–H and O–H groups in total. The molecule has 1 aromatic carbocycles. The van der Waals surface area contributed by atoms with Crippen molar-refractivity contribution in [2.45, 2.75) is 6.92 Å². The summed E-state index contributed by atoms with van der Waals surface area (Å²) in [6.45, 7) is 2.18. The van der Waals surface area contributed by atoms with Gasteiger partial charge in [-0.25, -0.2) is 9.97 Å². The Hall–Kier alpha value is -2.79. The van der Waals surface area contributed by atoms with Crippen LogP contribution in [0.2, 0.25) is 0 Å². The number of carbonyl (C=O) groups excluding carboxylic acids is 1. The summed E-state index contributed by atoms with van der Waals surface area (Å²) in [4.78, 5) is 32.3. The van der Waals surface area contributed by atoms with Crippen LogP contribution in [0.5, 0.6) is 0 Å². The minimum absolute atomic E-state index is 0.0574. The summed E-state index contributed by atoms with van der Waals surface area (Å²) in [5.74, 6) is -0.571. The summed E-state index contributed by atoms with van der Waals surface area (Å²) >= 11 is 3.28. The van der Waals surface area contributed by atoms with Crippen LogP contribution in [-0.2, 0) is 0 Å². The maximum atomic E-state index is 12.1. The summed E-state index contributed by atoms with van der Waals surface area (Å²) in [7, 11) is 0. The summed E-state index contributed by atoms with van der Waals surface area (Å²) in [5.41, 5.74) is 4.83. The third-order valence-corrected chi connectivity index (χ3v) is 3.97. The highest BCUT2D eigenvalue weighted by Crippen LogP contribution is 2.31. The summed E-state index contributed by atoms with van der Waals surface area (Å²) in [6, 6.07) is 6.60. The molecular weight excluding hydrogens is 408 g/mol. The Morgan fingerprint density at radius 2 is 2.04 bits per heavy atom. The van der Waals surface area contributed by atoms with E-state index in [-0.39, 0.29) is 30.5 Å². The summed E-state index contributed by atoms with van der Waals surface area (Å²) in [5, 5.41) is 20.6. The monoisotopic (exact) mass is 424 g/mol. The van der Waals surface area contributed by atoms with Crippen LogP contribution in [0.4, 0.5) is 17.3 Å². The number of benzene rings is 1. The number of nitro groups is 1. The van der Waals surface area contributed by atoms with E-state index in [1.54, 1.807) is 36.1 Å². The van der Waals surface area contributed by atoms with E-state index in [9.17, 15) is 14.9 Å². The quantitative estimate of drug-likeness (QED) is 0.430. The number of nitrogens with one attached hydrogen (secondary N) is 2. The third-order valence-electron chi connectivity index (χ3n) is 3.44. The highest BCUT2D eigenvalue weighted by atomic mass is 79.9. The second-order valence-corrected chi connectivity index (χ2v) is 5.96. The third kappa shape index (κ3) is 4.64. The Labute approximate surface area is 157 Å². The Morgan fingerprint density at radius 3 is 2.62 bits per heavy atom. The van der Waals surface area contributed by atoms with Crippen molar-refractivity contribution in [1.82, 2.24) is 15.4 Å². The first-order valence-corrected chi connectivity index (χ1v) is 8.44. The first kappa shape index (κ1) is 19.5. The van der Waals surface area contributed by atoms with Crippen molar-refractivity contribution in [2.75, 3.05) is 30.0 Å². The number of anilines is 2. The fourth-order valence-electron chi connectivity index (χ4n) is 2.18. The van der Waals surface area contributed by atoms with E-state index >= 15 is 0 Å². The highest BCUT2D eigenvalue weighted by Gasteiger charge is 2.26. The molecule has 1 amide bonds. The van der Waals surface area contributed by atoms with Crippen molar-refractivity contribution >= 4 is 39.2 Å². The summed E-state index contributed by atoms with van der Waals surface area (Å²) in [6.07, 6.45) is 1.15. The maximum absolute atomic E-state index is 12.1. The van der Waals surface area contributed by atoms with Crippen LogP contribution in [0.25, 0.3) is 0 Å². The van der Waals surface area contributed by atoms with Gasteiger partial charge in [-0.05, 0) is 31.2 Å². The molecule has 1 aromatic heterocycles. The number of halogens is 1. The number of carbonyl (C=O) groups is 1. The molecule has 2 aromatic rings. The molecule has 1 heterocycles. The van der Waals surface area contributed by atoms with E-state index in [1.807, 2.05) is 0 Å². The molecule has 0 fully saturated rings. The summed E-state index contributed by atoms with van der Waals surface area (Å²) < 4.78 is 0.821. The van der Waals surface area contributed by atoms with Gasteiger partial charge < -0.3 is 10.0 Å². The van der Waals surface area contributed by atoms with Crippen molar-refractivity contribution in [1.29, 1.82) is 0 Å². The SMILES string of the molecule is CCN(CCO)c1ncnc(NNC(=O)c2ccc(Br)cc2)c1[N+](=O)[O-]. The zero-order chi connectivity index (χ0) is 19.1. The molecule has 0 unspecified atom stereocenters. The topological polar surface area (TPSA) is 134 Å². The molecule has 0 aliphatic rings. The van der Waals surface area contributed by atoms with Crippen LogP contribution in [-0.4, -0.2) is 45.6 Å². The number of likely N-dealkylation sites (N-methyl/N-ethyl adjacent to an activating group) is 1. The van der Waals surface area contributed by atoms with Gasteiger partial charge in [-0.2, -0.15) is 0 Å². The van der Waals surface area contributed by atoms with Gasteiger partial charge in [0.2, 0.25) is 11.6 Å². The van der Waals surface area contributed by atoms with Gasteiger partial charge in [0.15, 0.2) is 0 Å². The van der Waals surface area contributed by atoms with Gasteiger partial charge in [0.25, 0.3) is 5.91 Å². The van der Waals surface area contributed by atoms with Crippen LogP contribution < -0.4 is 15.8 Å². The standard InChI is InChI=1S/C15H17BrN6O4/c1-2-21(7-8-23)14-12(22(25)26)13(17-9-18-14)19-20-15(24)10-3-5-11(16)6-4-10/h3-6,9,23H,2,7-8H2,1H3,(H,20,24)(H,17,18,19). The molecule has 0 saturated carbocycles. The number of nitrogens with zero attached hydrogens (tertiary/aromatic N) is 4. The van der Waals surface area contributed by atoms with Crippen LogP contribution in [0, 0.1) is 10.1 Å². The van der Waals surface area contributed by atoms with Crippen molar-refractivity contribution < 1.29 is 14.8 Å². The molecule has 0 saturated heterocycles. The fraction of sp³-hybridized carbons (Fsp3) is 0.267. The molecule has 138 valence electrons. The zero-order valence-electron chi connectivity index (χ0n) is 13.8. The van der Waals surface area contributed by atoms with Gasteiger partial charge in [-0.3, -0.25) is 25.8 Å². The zero-order valence-corrected chi connectivity index (χ0v) is 15.4. The molecule has 10 nitrogen and oxygen atoms in total. The number of aromatic nitrogens is 2. The van der Waals surface area contributed by atoms with Gasteiger partial charge in [0, 0.05) is 23.1 Å². The lowest BCUT2D eigenvalue weighted by molar-refractivity contribution is -0.383. The average molecular weight is 425 g/mol. The van der Waals surface area contributed by atoms with E-state index in [4.69, 9.17) is 5.11 Å². The second-order valence-electron chi connectivity index (χ2n) is 5.04. The van der Waals surface area contributed by atoms with Crippen molar-refractivity contribution in [3.63, 3.8) is 0 Å². The normalized spacial score (nSPS) is 10.3. The van der Waals surface area contributed by atoms with Crippen LogP contribution in [0.15, 0.2) is 35.1 Å². The Kier molecular flexibility index (Phi) is 6.81. The smallest absolute Gasteiger partial charge is 0.355 e. The van der Waals surface area contributed by atoms with E-state index in [2.05, 4.69) is 36.7 Å². The average Bonchev–Trinajstić information content (AvgIpc) is 2.64. The lowest BCUT2D eigenvalue weighted by atomic mass is 10.2. The maximum Gasteiger partial charge on any atom is 0.355 e. The number of hydrazine groups is 1. The molecule has 2 rings (SSSR count). The van der Waals surface area contributed by atoms with Gasteiger partial charge in [-0.1, -0.05) is 15.9 Å². The molecule has 0 atom stereocenters.